The molecule has 0 aliphatic carbocycles. The van der Waals surface area contributed by atoms with Gasteiger partial charge in [0.25, 0.3) is 5.56 Å². The first-order valence-corrected chi connectivity index (χ1v) is 10.7. The van der Waals surface area contributed by atoms with Crippen LogP contribution in [0.2, 0.25) is 0 Å². The zero-order chi connectivity index (χ0) is 24.8. The average Bonchev–Trinajstić information content (AvgIpc) is 2.75. The Bertz CT molecular complexity index is 1070. The second-order valence-electron chi connectivity index (χ2n) is 8.92. The summed E-state index contributed by atoms with van der Waals surface area (Å²) in [6.45, 7) is 6.76. The molecule has 1 amide bonds. The van der Waals surface area contributed by atoms with Crippen molar-refractivity contribution >= 4 is 17.7 Å². The first-order valence-electron chi connectivity index (χ1n) is 10.7. The number of nitrogens with one attached hydrogen (secondary N) is 1. The zero-order valence-electron chi connectivity index (χ0n) is 19.3. The van der Waals surface area contributed by atoms with Gasteiger partial charge in [-0.2, -0.15) is 5.10 Å². The highest BCUT2D eigenvalue weighted by Gasteiger charge is 2.29. The molecule has 33 heavy (non-hydrogen) atoms. The number of halogens is 1. The van der Waals surface area contributed by atoms with Crippen LogP contribution >= 0.6 is 0 Å². The van der Waals surface area contributed by atoms with E-state index in [-0.39, 0.29) is 23.9 Å². The van der Waals surface area contributed by atoms with Crippen LogP contribution in [-0.2, 0) is 26.3 Å². The van der Waals surface area contributed by atoms with Gasteiger partial charge in [-0.3, -0.25) is 19.2 Å². The Morgan fingerprint density at radius 1 is 1.21 bits per heavy atom. The number of aromatic nitrogens is 2. The molecule has 2 unspecified atom stereocenters. The van der Waals surface area contributed by atoms with Gasteiger partial charge in [-0.15, -0.1) is 0 Å². The molecular formula is C24H30FN3O5. The fraction of sp³-hybridized carbons (Fsp3) is 0.458. The molecule has 1 aromatic heterocycles. The van der Waals surface area contributed by atoms with Gasteiger partial charge in [0, 0.05) is 11.8 Å². The summed E-state index contributed by atoms with van der Waals surface area (Å²) in [5.41, 5.74) is 1.62. The molecule has 0 aliphatic heterocycles. The van der Waals surface area contributed by atoms with Crippen LogP contribution in [0.4, 0.5) is 4.39 Å². The molecule has 0 radical (unpaired) electrons. The number of amides is 1. The van der Waals surface area contributed by atoms with E-state index < -0.39 is 48.3 Å². The van der Waals surface area contributed by atoms with Gasteiger partial charge in [-0.05, 0) is 29.0 Å². The molecule has 8 nitrogen and oxygen atoms in total. The summed E-state index contributed by atoms with van der Waals surface area (Å²) < 4.78 is 14.1. The molecule has 0 aliphatic rings. The van der Waals surface area contributed by atoms with Crippen LogP contribution in [0, 0.1) is 0 Å². The normalized spacial score (nSPS) is 13.2. The Balaban J connectivity index is 2.32. The summed E-state index contributed by atoms with van der Waals surface area (Å²) >= 11 is 0. The molecule has 1 aromatic carbocycles. The maximum atomic E-state index is 13.1. The summed E-state index contributed by atoms with van der Waals surface area (Å²) in [6, 6.07) is 7.75. The van der Waals surface area contributed by atoms with Gasteiger partial charge in [0.15, 0.2) is 5.78 Å². The van der Waals surface area contributed by atoms with E-state index >= 15 is 0 Å². The largest absolute Gasteiger partial charge is 0.481 e. The van der Waals surface area contributed by atoms with Gasteiger partial charge in [-0.1, -0.05) is 52.0 Å². The SMILES string of the molecule is CCC(C(=O)NC(CC(=O)O)C(=O)CF)c1ccnn(Cc2cccc(C(C)(C)C)c2)c1=O. The minimum absolute atomic E-state index is 0.0643. The van der Waals surface area contributed by atoms with Gasteiger partial charge in [0.2, 0.25) is 5.91 Å². The maximum absolute atomic E-state index is 13.1. The van der Waals surface area contributed by atoms with Gasteiger partial charge < -0.3 is 10.4 Å². The number of Topliss-reactive ketones (excluding diaryl/α,β-unsaturated/α-hetero) is 1. The number of carboxylic acids is 1. The fourth-order valence-corrected chi connectivity index (χ4v) is 3.49. The number of hydrogen-bond donors (Lipinski definition) is 2. The third-order valence-electron chi connectivity index (χ3n) is 5.38. The van der Waals surface area contributed by atoms with Crippen molar-refractivity contribution in [3.8, 4) is 0 Å². The van der Waals surface area contributed by atoms with E-state index in [4.69, 9.17) is 5.11 Å². The predicted octanol–water partition coefficient (Wildman–Crippen LogP) is 2.58. The number of benzene rings is 1. The van der Waals surface area contributed by atoms with Crippen molar-refractivity contribution < 1.29 is 23.9 Å². The molecule has 2 atom stereocenters. The first kappa shape index (κ1) is 25.9. The van der Waals surface area contributed by atoms with Crippen molar-refractivity contribution in [3.05, 3.63) is 63.6 Å². The van der Waals surface area contributed by atoms with Crippen LogP contribution in [0.1, 0.15) is 63.1 Å². The monoisotopic (exact) mass is 459 g/mol. The summed E-state index contributed by atoms with van der Waals surface area (Å²) in [7, 11) is 0. The molecule has 2 N–H and O–H groups in total. The van der Waals surface area contributed by atoms with E-state index in [9.17, 15) is 23.6 Å². The Kier molecular flexibility index (Phi) is 8.62. The second kappa shape index (κ2) is 11.0. The molecule has 0 saturated carbocycles. The van der Waals surface area contributed by atoms with Crippen LogP contribution < -0.4 is 10.9 Å². The molecule has 0 spiro atoms. The van der Waals surface area contributed by atoms with Crippen molar-refractivity contribution in [2.75, 3.05) is 6.67 Å². The number of alkyl halides is 1. The number of carbonyl (C=O) groups excluding carboxylic acids is 2. The van der Waals surface area contributed by atoms with Crippen LogP contribution in [0.15, 0.2) is 41.3 Å². The van der Waals surface area contributed by atoms with Crippen molar-refractivity contribution in [3.63, 3.8) is 0 Å². The van der Waals surface area contributed by atoms with E-state index in [1.807, 2.05) is 24.3 Å². The zero-order valence-corrected chi connectivity index (χ0v) is 19.3. The van der Waals surface area contributed by atoms with Gasteiger partial charge in [-0.25, -0.2) is 9.07 Å². The highest BCUT2D eigenvalue weighted by molar-refractivity contribution is 5.94. The summed E-state index contributed by atoms with van der Waals surface area (Å²) in [5.74, 6) is -4.04. The number of ketones is 1. The number of aliphatic carboxylic acids is 1. The third-order valence-corrected chi connectivity index (χ3v) is 5.38. The van der Waals surface area contributed by atoms with Gasteiger partial charge in [0.1, 0.15) is 12.7 Å². The van der Waals surface area contributed by atoms with E-state index in [1.165, 1.54) is 16.9 Å². The lowest BCUT2D eigenvalue weighted by molar-refractivity contribution is -0.140. The molecule has 2 aromatic rings. The molecule has 9 heteroatoms. The van der Waals surface area contributed by atoms with E-state index in [0.717, 1.165) is 11.1 Å². The predicted molar refractivity (Wildman–Crippen MR) is 121 cm³/mol. The van der Waals surface area contributed by atoms with Crippen molar-refractivity contribution in [2.45, 2.75) is 64.5 Å². The minimum atomic E-state index is -1.50. The molecule has 0 saturated heterocycles. The van der Waals surface area contributed by atoms with E-state index in [2.05, 4.69) is 31.2 Å². The fourth-order valence-electron chi connectivity index (χ4n) is 3.49. The van der Waals surface area contributed by atoms with Crippen LogP contribution in [0.3, 0.4) is 0 Å². The van der Waals surface area contributed by atoms with Gasteiger partial charge in [0.05, 0.1) is 18.9 Å². The van der Waals surface area contributed by atoms with Gasteiger partial charge >= 0.3 is 5.97 Å². The molecule has 178 valence electrons. The average molecular weight is 460 g/mol. The standard InChI is InChI=1S/C24H30FN3O5/c1-5-17(22(32)27-19(12-21(30)31)20(29)13-25)18-9-10-26-28(23(18)33)14-15-7-6-8-16(11-15)24(2,3)4/h6-11,17,19H,5,12-14H2,1-4H3,(H,27,32)(H,30,31). The molecule has 0 bridgehead atoms. The summed E-state index contributed by atoms with van der Waals surface area (Å²) in [5, 5.41) is 15.4. The number of nitrogens with zero attached hydrogens (tertiary/aromatic N) is 2. The third kappa shape index (κ3) is 6.81. The second-order valence-corrected chi connectivity index (χ2v) is 8.92. The topological polar surface area (TPSA) is 118 Å². The molecular weight excluding hydrogens is 429 g/mol. The summed E-state index contributed by atoms with van der Waals surface area (Å²) in [6.07, 6.45) is 0.894. The highest BCUT2D eigenvalue weighted by atomic mass is 19.1. The summed E-state index contributed by atoms with van der Waals surface area (Å²) in [4.78, 5) is 48.6. The number of rotatable bonds is 10. The van der Waals surface area contributed by atoms with Crippen LogP contribution in [0.25, 0.3) is 0 Å². The Hall–Kier alpha value is -3.36. The lowest BCUT2D eigenvalue weighted by atomic mass is 9.86. The Labute approximate surface area is 191 Å². The quantitative estimate of drug-likeness (QED) is 0.564. The number of carbonyl (C=O) groups is 3. The number of carboxylic acid groups (broad SMARTS) is 1. The lowest BCUT2D eigenvalue weighted by Crippen LogP contribution is -2.45. The minimum Gasteiger partial charge on any atom is -0.481 e. The van der Waals surface area contributed by atoms with Crippen molar-refractivity contribution in [2.24, 2.45) is 0 Å². The number of hydrogen-bond acceptors (Lipinski definition) is 5. The van der Waals surface area contributed by atoms with Crippen molar-refractivity contribution in [1.29, 1.82) is 0 Å². The van der Waals surface area contributed by atoms with E-state index in [0.29, 0.717) is 0 Å². The van der Waals surface area contributed by atoms with Crippen molar-refractivity contribution in [1.82, 2.24) is 15.1 Å². The molecule has 0 fully saturated rings. The maximum Gasteiger partial charge on any atom is 0.305 e. The van der Waals surface area contributed by atoms with E-state index in [1.54, 1.807) is 6.92 Å². The smallest absolute Gasteiger partial charge is 0.305 e. The Morgan fingerprint density at radius 2 is 1.91 bits per heavy atom. The highest BCUT2D eigenvalue weighted by Crippen LogP contribution is 2.23. The first-order chi connectivity index (χ1) is 15.5. The molecule has 2 rings (SSSR count). The lowest BCUT2D eigenvalue weighted by Gasteiger charge is -2.21. The van der Waals surface area contributed by atoms with Crippen LogP contribution in [0.5, 0.6) is 0 Å². The molecule has 1 heterocycles. The van der Waals surface area contributed by atoms with Crippen LogP contribution in [-0.4, -0.2) is 45.3 Å². The Morgan fingerprint density at radius 3 is 2.48 bits per heavy atom.